The summed E-state index contributed by atoms with van der Waals surface area (Å²) in [6.07, 6.45) is 0.944. The van der Waals surface area contributed by atoms with Crippen molar-refractivity contribution >= 4 is 23.2 Å². The van der Waals surface area contributed by atoms with Gasteiger partial charge in [0.1, 0.15) is 11.6 Å². The number of H-pyrrole nitrogens is 1. The van der Waals surface area contributed by atoms with Gasteiger partial charge in [-0.05, 0) is 42.0 Å². The quantitative estimate of drug-likeness (QED) is 0.500. The van der Waals surface area contributed by atoms with E-state index in [0.29, 0.717) is 24.2 Å². The van der Waals surface area contributed by atoms with Crippen LogP contribution in [0, 0.1) is 6.92 Å². The van der Waals surface area contributed by atoms with Crippen LogP contribution in [0.25, 0.3) is 0 Å². The van der Waals surface area contributed by atoms with E-state index in [1.165, 1.54) is 9.47 Å². The Labute approximate surface area is 208 Å². The maximum atomic E-state index is 13.3. The summed E-state index contributed by atoms with van der Waals surface area (Å²) < 4.78 is 7.06. The second-order valence-corrected chi connectivity index (χ2v) is 9.10. The van der Waals surface area contributed by atoms with E-state index in [9.17, 15) is 19.2 Å². The molecule has 1 aliphatic carbocycles. The molecule has 0 spiro atoms. The van der Waals surface area contributed by atoms with E-state index in [1.807, 2.05) is 57.2 Å². The molecule has 0 saturated heterocycles. The van der Waals surface area contributed by atoms with Crippen molar-refractivity contribution in [2.75, 3.05) is 23.8 Å². The van der Waals surface area contributed by atoms with E-state index >= 15 is 0 Å². The van der Waals surface area contributed by atoms with Gasteiger partial charge in [0.25, 0.3) is 11.5 Å². The van der Waals surface area contributed by atoms with Crippen LogP contribution in [0.15, 0.2) is 52.1 Å². The molecule has 0 radical (unpaired) electrons. The first-order valence-electron chi connectivity index (χ1n) is 12.0. The van der Waals surface area contributed by atoms with Crippen LogP contribution in [0.4, 0.5) is 11.5 Å². The number of rotatable bonds is 8. The molecule has 0 unspecified atom stereocenters. The number of anilines is 2. The lowest BCUT2D eigenvalue weighted by Gasteiger charge is -2.24. The highest BCUT2D eigenvalue weighted by Crippen LogP contribution is 2.40. The molecule has 3 N–H and O–H groups in total. The second kappa shape index (κ2) is 10.2. The minimum absolute atomic E-state index is 0.0114. The fourth-order valence-electron chi connectivity index (χ4n) is 4.79. The second-order valence-electron chi connectivity index (χ2n) is 9.10. The van der Waals surface area contributed by atoms with E-state index in [0.717, 1.165) is 16.7 Å². The van der Waals surface area contributed by atoms with Crippen molar-refractivity contribution in [3.8, 4) is 5.75 Å². The molecule has 1 atom stereocenters. The van der Waals surface area contributed by atoms with Gasteiger partial charge in [0.2, 0.25) is 0 Å². The summed E-state index contributed by atoms with van der Waals surface area (Å²) >= 11 is 0. The number of fused-ring (bicyclic) bond motifs is 1. The molecular weight excluding hydrogens is 460 g/mol. The summed E-state index contributed by atoms with van der Waals surface area (Å²) in [7, 11) is 0. The highest BCUT2D eigenvalue weighted by molar-refractivity contribution is 6.04. The van der Waals surface area contributed by atoms with Crippen molar-refractivity contribution in [2.45, 2.75) is 46.1 Å². The Balaban J connectivity index is 1.64. The zero-order valence-corrected chi connectivity index (χ0v) is 20.7. The SMILES string of the molecule is CCCN(C(=O)COc1ccc(C)c2c1C(=O)C[C@H]2C)c1c(N)n(Cc2ccccc2)c(=O)[nH]c1=O. The van der Waals surface area contributed by atoms with Crippen LogP contribution in [0.5, 0.6) is 5.75 Å². The number of benzene rings is 2. The van der Waals surface area contributed by atoms with E-state index in [4.69, 9.17) is 10.5 Å². The predicted octanol–water partition coefficient (Wildman–Crippen LogP) is 2.99. The lowest BCUT2D eigenvalue weighted by molar-refractivity contribution is -0.120. The third-order valence-corrected chi connectivity index (χ3v) is 6.46. The molecule has 9 nitrogen and oxygen atoms in total. The molecule has 4 rings (SSSR count). The monoisotopic (exact) mass is 490 g/mol. The highest BCUT2D eigenvalue weighted by Gasteiger charge is 2.32. The molecule has 0 aliphatic heterocycles. The number of hydrogen-bond donors (Lipinski definition) is 2. The van der Waals surface area contributed by atoms with Gasteiger partial charge < -0.3 is 15.4 Å². The lowest BCUT2D eigenvalue weighted by atomic mass is 9.97. The third-order valence-electron chi connectivity index (χ3n) is 6.46. The minimum atomic E-state index is -0.746. The van der Waals surface area contributed by atoms with Crippen molar-refractivity contribution in [3.05, 3.63) is 85.6 Å². The van der Waals surface area contributed by atoms with Gasteiger partial charge in [0, 0.05) is 13.0 Å². The third kappa shape index (κ3) is 4.68. The number of nitrogens with two attached hydrogens (primary N) is 1. The average Bonchev–Trinajstić information content (AvgIpc) is 3.16. The number of nitrogens with zero attached hydrogens (tertiary/aromatic N) is 2. The van der Waals surface area contributed by atoms with Crippen LogP contribution >= 0.6 is 0 Å². The molecule has 3 aromatic rings. The van der Waals surface area contributed by atoms with Crippen LogP contribution in [-0.4, -0.2) is 34.4 Å². The van der Waals surface area contributed by atoms with Crippen molar-refractivity contribution < 1.29 is 14.3 Å². The molecule has 1 heterocycles. The van der Waals surface area contributed by atoms with E-state index in [1.54, 1.807) is 6.07 Å². The summed E-state index contributed by atoms with van der Waals surface area (Å²) in [5, 5.41) is 0. The smallest absolute Gasteiger partial charge is 0.330 e. The Morgan fingerprint density at radius 2 is 1.89 bits per heavy atom. The molecule has 9 heteroatoms. The first-order chi connectivity index (χ1) is 17.2. The van der Waals surface area contributed by atoms with E-state index in [-0.39, 0.29) is 36.3 Å². The topological polar surface area (TPSA) is 127 Å². The molecule has 2 aromatic carbocycles. The number of aromatic amines is 1. The largest absolute Gasteiger partial charge is 0.483 e. The summed E-state index contributed by atoms with van der Waals surface area (Å²) in [5.74, 6) is -0.179. The molecule has 36 heavy (non-hydrogen) atoms. The normalized spacial score (nSPS) is 14.5. The van der Waals surface area contributed by atoms with Gasteiger partial charge in [-0.25, -0.2) is 4.79 Å². The summed E-state index contributed by atoms with van der Waals surface area (Å²) in [5.41, 5.74) is 8.08. The van der Waals surface area contributed by atoms with Crippen LogP contribution in [0.3, 0.4) is 0 Å². The Morgan fingerprint density at radius 3 is 2.58 bits per heavy atom. The molecule has 1 amide bonds. The summed E-state index contributed by atoms with van der Waals surface area (Å²) in [6, 6.07) is 12.8. The van der Waals surface area contributed by atoms with Gasteiger partial charge in [0.15, 0.2) is 18.1 Å². The number of hydrogen-bond acceptors (Lipinski definition) is 6. The van der Waals surface area contributed by atoms with Gasteiger partial charge >= 0.3 is 5.69 Å². The van der Waals surface area contributed by atoms with E-state index < -0.39 is 23.8 Å². The van der Waals surface area contributed by atoms with Crippen molar-refractivity contribution in [1.29, 1.82) is 0 Å². The Bertz CT molecular complexity index is 1420. The van der Waals surface area contributed by atoms with Gasteiger partial charge in [-0.3, -0.25) is 23.9 Å². The van der Waals surface area contributed by atoms with Crippen molar-refractivity contribution in [3.63, 3.8) is 0 Å². The van der Waals surface area contributed by atoms with Gasteiger partial charge in [-0.2, -0.15) is 0 Å². The lowest BCUT2D eigenvalue weighted by Crippen LogP contribution is -2.43. The fraction of sp³-hybridized carbons (Fsp3) is 0.333. The number of carbonyl (C=O) groups is 2. The summed E-state index contributed by atoms with van der Waals surface area (Å²) in [6.45, 7) is 5.74. The molecular formula is C27H30N4O5. The van der Waals surface area contributed by atoms with Crippen LogP contribution < -0.4 is 26.6 Å². The van der Waals surface area contributed by atoms with Gasteiger partial charge in [-0.1, -0.05) is 50.2 Å². The number of ketones is 1. The minimum Gasteiger partial charge on any atom is -0.483 e. The van der Waals surface area contributed by atoms with Crippen molar-refractivity contribution in [2.24, 2.45) is 0 Å². The number of nitrogen functional groups attached to an aromatic ring is 1. The molecule has 0 bridgehead atoms. The first kappa shape index (κ1) is 25.0. The van der Waals surface area contributed by atoms with Crippen LogP contribution in [0.1, 0.15) is 59.7 Å². The highest BCUT2D eigenvalue weighted by atomic mass is 16.5. The Hall–Kier alpha value is -4.14. The summed E-state index contributed by atoms with van der Waals surface area (Å²) in [4.78, 5) is 54.8. The van der Waals surface area contributed by atoms with E-state index in [2.05, 4.69) is 4.98 Å². The van der Waals surface area contributed by atoms with Gasteiger partial charge in [-0.15, -0.1) is 0 Å². The number of nitrogens with one attached hydrogen (secondary N) is 1. The van der Waals surface area contributed by atoms with Crippen LogP contribution in [-0.2, 0) is 11.3 Å². The molecule has 1 aromatic heterocycles. The zero-order chi connectivity index (χ0) is 26.0. The molecule has 0 fully saturated rings. The fourth-order valence-corrected chi connectivity index (χ4v) is 4.79. The number of Topliss-reactive ketones (excluding diaryl/α,β-unsaturated/α-hetero) is 1. The Kier molecular flexibility index (Phi) is 7.10. The molecule has 0 saturated carbocycles. The average molecular weight is 491 g/mol. The van der Waals surface area contributed by atoms with Gasteiger partial charge in [0.05, 0.1) is 12.1 Å². The zero-order valence-electron chi connectivity index (χ0n) is 20.7. The number of carbonyl (C=O) groups excluding carboxylic acids is 2. The standard InChI is InChI=1S/C27H30N4O5/c1-4-12-30(21(33)15-36-20-11-10-16(2)22-17(3)13-19(32)23(20)22)24-25(28)31(27(35)29-26(24)34)14-18-8-6-5-7-9-18/h5-11,17H,4,12-15,28H2,1-3H3,(H,29,34,35)/t17-/m1/s1. The number of amides is 1. The maximum absolute atomic E-state index is 13.3. The number of ether oxygens (including phenoxy) is 1. The molecule has 1 aliphatic rings. The number of aryl methyl sites for hydroxylation is 1. The Morgan fingerprint density at radius 1 is 1.17 bits per heavy atom. The first-order valence-corrected chi connectivity index (χ1v) is 12.0. The predicted molar refractivity (Wildman–Crippen MR) is 138 cm³/mol. The molecule has 188 valence electrons. The van der Waals surface area contributed by atoms with Crippen LogP contribution in [0.2, 0.25) is 0 Å². The maximum Gasteiger partial charge on any atom is 0.330 e. The number of aromatic nitrogens is 2. The van der Waals surface area contributed by atoms with Crippen molar-refractivity contribution in [1.82, 2.24) is 9.55 Å².